The molecule has 0 N–H and O–H groups in total. The van der Waals surface area contributed by atoms with E-state index in [2.05, 4.69) is 53.4 Å². The van der Waals surface area contributed by atoms with Gasteiger partial charge in [0.1, 0.15) is 6.54 Å². The van der Waals surface area contributed by atoms with Gasteiger partial charge < -0.3 is 9.64 Å². The van der Waals surface area contributed by atoms with Crippen molar-refractivity contribution in [1.82, 2.24) is 14.7 Å². The summed E-state index contributed by atoms with van der Waals surface area (Å²) in [7, 11) is 0. The Morgan fingerprint density at radius 1 is 0.933 bits per heavy atom. The van der Waals surface area contributed by atoms with E-state index in [9.17, 15) is 9.59 Å². The summed E-state index contributed by atoms with van der Waals surface area (Å²) in [6, 6.07) is 16.7. The fourth-order valence-electron chi connectivity index (χ4n) is 4.11. The van der Waals surface area contributed by atoms with Gasteiger partial charge in [0.25, 0.3) is 0 Å². The number of morpholine rings is 1. The third-order valence-corrected chi connectivity index (χ3v) is 5.73. The van der Waals surface area contributed by atoms with E-state index in [1.807, 2.05) is 6.92 Å². The minimum atomic E-state index is -0.179. The second-order valence-electron chi connectivity index (χ2n) is 7.93. The number of nitrogens with zero attached hydrogens (tertiary/aromatic N) is 3. The Kier molecular flexibility index (Phi) is 6.45. The normalized spacial score (nSPS) is 17.8. The lowest BCUT2D eigenvalue weighted by Gasteiger charge is -2.27. The van der Waals surface area contributed by atoms with Crippen LogP contribution in [0.2, 0.25) is 0 Å². The molecular weight excluding hydrogens is 378 g/mol. The number of hydrogen-bond acceptors (Lipinski definition) is 4. The monoisotopic (exact) mass is 407 g/mol. The fraction of sp³-hybridized carbons (Fsp3) is 0.417. The highest BCUT2D eigenvalue weighted by Crippen LogP contribution is 2.26. The van der Waals surface area contributed by atoms with Crippen molar-refractivity contribution < 1.29 is 14.3 Å². The van der Waals surface area contributed by atoms with Gasteiger partial charge in [0.15, 0.2) is 0 Å². The number of hydrogen-bond donors (Lipinski definition) is 0. The summed E-state index contributed by atoms with van der Waals surface area (Å²) < 4.78 is 5.46. The zero-order valence-electron chi connectivity index (χ0n) is 17.5. The van der Waals surface area contributed by atoms with Crippen LogP contribution in [0.5, 0.6) is 0 Å². The molecule has 2 heterocycles. The van der Waals surface area contributed by atoms with E-state index in [1.165, 1.54) is 21.6 Å². The maximum atomic E-state index is 12.4. The number of rotatable bonds is 7. The zero-order valence-corrected chi connectivity index (χ0v) is 17.5. The van der Waals surface area contributed by atoms with Crippen molar-refractivity contribution in [3.8, 4) is 11.1 Å². The maximum absolute atomic E-state index is 12.4. The molecule has 0 radical (unpaired) electrons. The number of ether oxygens (including phenoxy) is 1. The van der Waals surface area contributed by atoms with E-state index in [-0.39, 0.29) is 18.5 Å². The van der Waals surface area contributed by atoms with Gasteiger partial charge in [0.2, 0.25) is 5.91 Å². The molecule has 0 saturated carbocycles. The largest absolute Gasteiger partial charge is 0.379 e. The molecule has 6 heteroatoms. The SMILES string of the molecule is CCCN1C(=O)CN(Cc2ccc(-c3ccccc3CN3CCOCC3)cc2)C1=O. The van der Waals surface area contributed by atoms with Crippen LogP contribution in [0.25, 0.3) is 11.1 Å². The third kappa shape index (κ3) is 4.55. The lowest BCUT2D eigenvalue weighted by Crippen LogP contribution is -2.35. The highest BCUT2D eigenvalue weighted by atomic mass is 16.5. The van der Waals surface area contributed by atoms with Gasteiger partial charge in [-0.1, -0.05) is 55.5 Å². The molecule has 3 amide bonds. The zero-order chi connectivity index (χ0) is 20.9. The summed E-state index contributed by atoms with van der Waals surface area (Å²) in [4.78, 5) is 29.9. The molecule has 0 bridgehead atoms. The van der Waals surface area contributed by atoms with Crippen molar-refractivity contribution in [2.45, 2.75) is 26.4 Å². The molecule has 158 valence electrons. The van der Waals surface area contributed by atoms with Gasteiger partial charge in [-0.05, 0) is 28.7 Å². The van der Waals surface area contributed by atoms with Crippen LogP contribution >= 0.6 is 0 Å². The van der Waals surface area contributed by atoms with E-state index >= 15 is 0 Å². The highest BCUT2D eigenvalue weighted by Gasteiger charge is 2.34. The Bertz CT molecular complexity index is 891. The Labute approximate surface area is 178 Å². The molecule has 0 aliphatic carbocycles. The summed E-state index contributed by atoms with van der Waals surface area (Å²) in [5, 5.41) is 0. The summed E-state index contributed by atoms with van der Waals surface area (Å²) in [6.45, 7) is 7.53. The summed E-state index contributed by atoms with van der Waals surface area (Å²) in [5.41, 5.74) is 4.74. The van der Waals surface area contributed by atoms with Crippen molar-refractivity contribution in [3.63, 3.8) is 0 Å². The van der Waals surface area contributed by atoms with Crippen LogP contribution in [0, 0.1) is 0 Å². The molecule has 2 saturated heterocycles. The molecule has 0 unspecified atom stereocenters. The number of carbonyl (C=O) groups excluding carboxylic acids is 2. The van der Waals surface area contributed by atoms with E-state index in [1.54, 1.807) is 4.90 Å². The van der Waals surface area contributed by atoms with Gasteiger partial charge in [-0.3, -0.25) is 14.6 Å². The van der Waals surface area contributed by atoms with Crippen molar-refractivity contribution >= 4 is 11.9 Å². The van der Waals surface area contributed by atoms with Crippen molar-refractivity contribution in [2.24, 2.45) is 0 Å². The van der Waals surface area contributed by atoms with Crippen LogP contribution in [0.3, 0.4) is 0 Å². The molecule has 6 nitrogen and oxygen atoms in total. The lowest BCUT2D eigenvalue weighted by molar-refractivity contribution is -0.125. The third-order valence-electron chi connectivity index (χ3n) is 5.73. The van der Waals surface area contributed by atoms with E-state index in [0.29, 0.717) is 13.1 Å². The first kappa shape index (κ1) is 20.6. The molecule has 2 aliphatic rings. The summed E-state index contributed by atoms with van der Waals surface area (Å²) in [6.07, 6.45) is 0.782. The van der Waals surface area contributed by atoms with Crippen LogP contribution in [0.4, 0.5) is 4.79 Å². The number of urea groups is 1. The van der Waals surface area contributed by atoms with Crippen LogP contribution in [-0.4, -0.2) is 66.0 Å². The van der Waals surface area contributed by atoms with Gasteiger partial charge in [-0.25, -0.2) is 4.79 Å². The first-order chi connectivity index (χ1) is 14.7. The van der Waals surface area contributed by atoms with Crippen molar-refractivity contribution in [2.75, 3.05) is 39.4 Å². The molecular formula is C24H29N3O3. The Balaban J connectivity index is 1.45. The fourth-order valence-corrected chi connectivity index (χ4v) is 4.11. The topological polar surface area (TPSA) is 53.1 Å². The molecule has 2 aromatic rings. The number of benzene rings is 2. The number of carbonyl (C=O) groups is 2. The Morgan fingerprint density at radius 2 is 1.67 bits per heavy atom. The number of imide groups is 1. The quantitative estimate of drug-likeness (QED) is 0.661. The Morgan fingerprint density at radius 3 is 2.40 bits per heavy atom. The van der Waals surface area contributed by atoms with Gasteiger partial charge in [0, 0.05) is 32.7 Å². The van der Waals surface area contributed by atoms with Crippen molar-refractivity contribution in [1.29, 1.82) is 0 Å². The standard InChI is InChI=1S/C24H29N3O3/c1-2-11-27-23(28)18-26(24(27)29)16-19-7-9-20(10-8-19)22-6-4-3-5-21(22)17-25-12-14-30-15-13-25/h3-10H,2,11-18H2,1H3. The van der Waals surface area contributed by atoms with Gasteiger partial charge in [-0.2, -0.15) is 0 Å². The first-order valence-electron chi connectivity index (χ1n) is 10.7. The molecule has 0 aromatic heterocycles. The van der Waals surface area contributed by atoms with Gasteiger partial charge in [-0.15, -0.1) is 0 Å². The predicted molar refractivity (Wildman–Crippen MR) is 116 cm³/mol. The van der Waals surface area contributed by atoms with E-state index in [0.717, 1.165) is 44.8 Å². The average molecular weight is 408 g/mol. The van der Waals surface area contributed by atoms with E-state index in [4.69, 9.17) is 4.74 Å². The van der Waals surface area contributed by atoms with Crippen molar-refractivity contribution in [3.05, 3.63) is 59.7 Å². The van der Waals surface area contributed by atoms with Gasteiger partial charge >= 0.3 is 6.03 Å². The van der Waals surface area contributed by atoms with Crippen LogP contribution in [0.15, 0.2) is 48.5 Å². The molecule has 4 rings (SSSR count). The molecule has 0 spiro atoms. The molecule has 2 aliphatic heterocycles. The molecule has 30 heavy (non-hydrogen) atoms. The van der Waals surface area contributed by atoms with Crippen LogP contribution < -0.4 is 0 Å². The van der Waals surface area contributed by atoms with E-state index < -0.39 is 0 Å². The highest BCUT2D eigenvalue weighted by molar-refractivity contribution is 6.01. The predicted octanol–water partition coefficient (Wildman–Crippen LogP) is 3.36. The smallest absolute Gasteiger partial charge is 0.327 e. The average Bonchev–Trinajstić information content (AvgIpc) is 3.03. The minimum absolute atomic E-state index is 0.101. The summed E-state index contributed by atoms with van der Waals surface area (Å²) in [5.74, 6) is -0.101. The first-order valence-corrected chi connectivity index (χ1v) is 10.7. The van der Waals surface area contributed by atoms with Gasteiger partial charge in [0.05, 0.1) is 13.2 Å². The molecule has 0 atom stereocenters. The molecule has 2 aromatic carbocycles. The minimum Gasteiger partial charge on any atom is -0.379 e. The Hall–Kier alpha value is -2.70. The van der Waals surface area contributed by atoms with Crippen LogP contribution in [-0.2, 0) is 22.6 Å². The molecule has 2 fully saturated rings. The maximum Gasteiger partial charge on any atom is 0.327 e. The number of amides is 3. The second-order valence-corrected chi connectivity index (χ2v) is 7.93. The lowest BCUT2D eigenvalue weighted by atomic mass is 9.98. The second kappa shape index (κ2) is 9.41. The van der Waals surface area contributed by atoms with Crippen LogP contribution in [0.1, 0.15) is 24.5 Å². The summed E-state index contributed by atoms with van der Waals surface area (Å²) >= 11 is 0.